The highest BCUT2D eigenvalue weighted by Gasteiger charge is 2.37. The van der Waals surface area contributed by atoms with Crippen LogP contribution in [-0.2, 0) is 11.3 Å². The number of nitrogens with one attached hydrogen (secondary N) is 2. The zero-order valence-electron chi connectivity index (χ0n) is 25.2. The first-order valence-electron chi connectivity index (χ1n) is 14.6. The fourth-order valence-corrected chi connectivity index (χ4v) is 6.37. The van der Waals surface area contributed by atoms with Crippen LogP contribution in [0.25, 0.3) is 10.9 Å². The van der Waals surface area contributed by atoms with E-state index in [1.807, 2.05) is 4.57 Å². The predicted octanol–water partition coefficient (Wildman–Crippen LogP) is 4.80. The third-order valence-corrected chi connectivity index (χ3v) is 8.81. The van der Waals surface area contributed by atoms with Crippen molar-refractivity contribution in [2.24, 2.45) is 0 Å². The van der Waals surface area contributed by atoms with Gasteiger partial charge in [-0.25, -0.2) is 9.18 Å². The zero-order chi connectivity index (χ0) is 32.7. The second kappa shape index (κ2) is 12.8. The van der Waals surface area contributed by atoms with Crippen molar-refractivity contribution in [3.05, 3.63) is 67.7 Å². The second-order valence-electron chi connectivity index (χ2n) is 11.6. The van der Waals surface area contributed by atoms with Crippen molar-refractivity contribution in [1.29, 1.82) is 0 Å². The van der Waals surface area contributed by atoms with Crippen LogP contribution in [-0.4, -0.2) is 70.8 Å². The van der Waals surface area contributed by atoms with E-state index in [4.69, 9.17) is 27.9 Å². The van der Waals surface area contributed by atoms with Gasteiger partial charge in [0.15, 0.2) is 11.6 Å². The average molecular weight is 663 g/mol. The molecule has 2 aromatic carbocycles. The summed E-state index contributed by atoms with van der Waals surface area (Å²) in [5.74, 6) is -2.33. The van der Waals surface area contributed by atoms with Gasteiger partial charge in [-0.2, -0.15) is 0 Å². The Morgan fingerprint density at radius 1 is 1.13 bits per heavy atom. The van der Waals surface area contributed by atoms with Gasteiger partial charge in [0.25, 0.3) is 5.91 Å². The quantitative estimate of drug-likeness (QED) is 0.316. The standard InChI is InChI=1S/C31H34Cl2FN5O6/c1-15-12-37(13-16(2)39(15)31(44)36-17(3)30(42)43)26-24(34)10-21-25(28(26)45-4)38(20-7-8-20)14-22(27(21)40)29(41)35-11-18-5-6-19(32)9-23(18)33/h5-6,9-10,14-17,20H,7-8,11-13H2,1-4H3,(H,35,41)(H,36,44)(H,42,43)/t15-,16+,17?. The molecular weight excluding hydrogens is 628 g/mol. The van der Waals surface area contributed by atoms with Crippen LogP contribution in [0.5, 0.6) is 5.75 Å². The van der Waals surface area contributed by atoms with Crippen LogP contribution in [0.3, 0.4) is 0 Å². The summed E-state index contributed by atoms with van der Waals surface area (Å²) < 4.78 is 23.7. The summed E-state index contributed by atoms with van der Waals surface area (Å²) in [6, 6.07) is 3.59. The molecule has 0 radical (unpaired) electrons. The molecule has 1 aromatic heterocycles. The van der Waals surface area contributed by atoms with Gasteiger partial charge in [-0.3, -0.25) is 14.4 Å². The minimum absolute atomic E-state index is 0.00723. The molecule has 2 aliphatic rings. The summed E-state index contributed by atoms with van der Waals surface area (Å²) in [6.45, 7) is 5.47. The molecule has 5 rings (SSSR count). The smallest absolute Gasteiger partial charge is 0.325 e. The molecule has 2 fully saturated rings. The summed E-state index contributed by atoms with van der Waals surface area (Å²) in [4.78, 5) is 54.5. The van der Waals surface area contributed by atoms with Crippen molar-refractivity contribution in [2.45, 2.75) is 64.3 Å². The third kappa shape index (κ3) is 6.39. The number of carboxylic acids is 1. The molecule has 45 heavy (non-hydrogen) atoms. The summed E-state index contributed by atoms with van der Waals surface area (Å²) in [7, 11) is 1.40. The van der Waals surface area contributed by atoms with Crippen LogP contribution in [0.4, 0.5) is 14.9 Å². The molecule has 3 atom stereocenters. The number of piperazine rings is 1. The molecule has 14 heteroatoms. The lowest BCUT2D eigenvalue weighted by atomic mass is 10.0. The molecule has 1 unspecified atom stereocenters. The highest BCUT2D eigenvalue weighted by molar-refractivity contribution is 6.35. The van der Waals surface area contributed by atoms with Gasteiger partial charge in [-0.15, -0.1) is 0 Å². The molecule has 0 bridgehead atoms. The number of rotatable bonds is 8. The van der Waals surface area contributed by atoms with Crippen LogP contribution in [0.1, 0.15) is 55.6 Å². The van der Waals surface area contributed by atoms with Gasteiger partial charge in [-0.05, 0) is 57.4 Å². The Kier molecular flexibility index (Phi) is 9.18. The Morgan fingerprint density at radius 2 is 1.80 bits per heavy atom. The lowest BCUT2D eigenvalue weighted by Crippen LogP contribution is -2.62. The summed E-state index contributed by atoms with van der Waals surface area (Å²) >= 11 is 12.2. The minimum atomic E-state index is -1.15. The monoisotopic (exact) mass is 661 g/mol. The number of carbonyl (C=O) groups excluding carboxylic acids is 2. The molecule has 1 aliphatic carbocycles. The molecule has 1 saturated carbocycles. The highest BCUT2D eigenvalue weighted by Crippen LogP contribution is 2.44. The lowest BCUT2D eigenvalue weighted by Gasteiger charge is -2.45. The van der Waals surface area contributed by atoms with Crippen molar-refractivity contribution in [2.75, 3.05) is 25.1 Å². The number of amides is 3. The van der Waals surface area contributed by atoms with Crippen LogP contribution in [0.15, 0.2) is 35.3 Å². The van der Waals surface area contributed by atoms with E-state index in [2.05, 4.69) is 10.6 Å². The number of carboxylic acid groups (broad SMARTS) is 1. The number of anilines is 1. The van der Waals surface area contributed by atoms with E-state index >= 15 is 4.39 Å². The van der Waals surface area contributed by atoms with E-state index in [1.54, 1.807) is 41.8 Å². The van der Waals surface area contributed by atoms with Crippen molar-refractivity contribution < 1.29 is 28.6 Å². The molecule has 3 N–H and O–H groups in total. The fraction of sp³-hybridized carbons (Fsp3) is 0.419. The number of pyridine rings is 1. The number of aliphatic carboxylic acids is 1. The van der Waals surface area contributed by atoms with E-state index in [0.717, 1.165) is 18.9 Å². The van der Waals surface area contributed by atoms with Gasteiger partial charge in [0.2, 0.25) is 5.43 Å². The van der Waals surface area contributed by atoms with E-state index in [0.29, 0.717) is 21.1 Å². The molecule has 2 heterocycles. The first-order valence-corrected chi connectivity index (χ1v) is 15.3. The first kappa shape index (κ1) is 32.4. The number of methoxy groups -OCH3 is 1. The number of aromatic nitrogens is 1. The highest BCUT2D eigenvalue weighted by atomic mass is 35.5. The van der Waals surface area contributed by atoms with E-state index in [1.165, 1.54) is 20.2 Å². The van der Waals surface area contributed by atoms with Crippen LogP contribution < -0.4 is 25.7 Å². The maximum Gasteiger partial charge on any atom is 0.325 e. The van der Waals surface area contributed by atoms with Crippen molar-refractivity contribution >= 4 is 57.7 Å². The van der Waals surface area contributed by atoms with Gasteiger partial charge in [-0.1, -0.05) is 29.3 Å². The minimum Gasteiger partial charge on any atom is -0.492 e. The normalized spacial score (nSPS) is 18.9. The fourth-order valence-electron chi connectivity index (χ4n) is 5.90. The van der Waals surface area contributed by atoms with Crippen molar-refractivity contribution in [3.63, 3.8) is 0 Å². The second-order valence-corrected chi connectivity index (χ2v) is 12.4. The number of carbonyl (C=O) groups is 3. The number of benzene rings is 2. The predicted molar refractivity (Wildman–Crippen MR) is 169 cm³/mol. The SMILES string of the molecule is COc1c(N2C[C@@H](C)N(C(=O)NC(C)C(=O)O)[C@@H](C)C2)c(F)cc2c(=O)c(C(=O)NCc3ccc(Cl)cc3Cl)cn(C3CC3)c12. The zero-order valence-corrected chi connectivity index (χ0v) is 26.7. The number of urea groups is 1. The Morgan fingerprint density at radius 3 is 2.38 bits per heavy atom. The van der Waals surface area contributed by atoms with Gasteiger partial charge in [0.1, 0.15) is 17.3 Å². The molecule has 11 nitrogen and oxygen atoms in total. The number of nitrogens with zero attached hydrogens (tertiary/aromatic N) is 3. The Bertz CT molecular complexity index is 1730. The number of fused-ring (bicyclic) bond motifs is 1. The van der Waals surface area contributed by atoms with Crippen LogP contribution >= 0.6 is 23.2 Å². The van der Waals surface area contributed by atoms with E-state index < -0.39 is 47.3 Å². The van der Waals surface area contributed by atoms with Gasteiger partial charge in [0, 0.05) is 54.0 Å². The average Bonchev–Trinajstić information content (AvgIpc) is 3.81. The van der Waals surface area contributed by atoms with E-state index in [9.17, 15) is 24.3 Å². The molecule has 3 aromatic rings. The summed E-state index contributed by atoms with van der Waals surface area (Å²) in [6.07, 6.45) is 3.13. The van der Waals surface area contributed by atoms with Gasteiger partial charge < -0.3 is 34.8 Å². The molecule has 3 amide bonds. The lowest BCUT2D eigenvalue weighted by molar-refractivity contribution is -0.138. The maximum absolute atomic E-state index is 16.1. The van der Waals surface area contributed by atoms with E-state index in [-0.39, 0.29) is 48.1 Å². The largest absolute Gasteiger partial charge is 0.492 e. The Labute approximate surface area is 268 Å². The maximum atomic E-state index is 16.1. The Hall–Kier alpha value is -4.03. The first-order chi connectivity index (χ1) is 21.3. The molecular formula is C31H34Cl2FN5O6. The molecule has 0 spiro atoms. The van der Waals surface area contributed by atoms with Crippen molar-refractivity contribution in [1.82, 2.24) is 20.1 Å². The van der Waals surface area contributed by atoms with Gasteiger partial charge in [0.05, 0.1) is 18.0 Å². The van der Waals surface area contributed by atoms with Gasteiger partial charge >= 0.3 is 12.0 Å². The number of hydrogen-bond acceptors (Lipinski definition) is 6. The Balaban J connectivity index is 1.50. The summed E-state index contributed by atoms with van der Waals surface area (Å²) in [5, 5.41) is 15.2. The topological polar surface area (TPSA) is 133 Å². The molecule has 1 saturated heterocycles. The number of halogens is 3. The van der Waals surface area contributed by atoms with Crippen LogP contribution in [0.2, 0.25) is 10.0 Å². The summed E-state index contributed by atoms with van der Waals surface area (Å²) in [5.41, 5.74) is 0.375. The number of ether oxygens (including phenoxy) is 1. The van der Waals surface area contributed by atoms with Crippen LogP contribution in [0, 0.1) is 5.82 Å². The third-order valence-electron chi connectivity index (χ3n) is 8.22. The van der Waals surface area contributed by atoms with Crippen molar-refractivity contribution in [3.8, 4) is 5.75 Å². The molecule has 1 aliphatic heterocycles. The number of hydrogen-bond donors (Lipinski definition) is 3. The molecule has 240 valence electrons.